The minimum atomic E-state index is -3.55. The third kappa shape index (κ3) is 4.73. The van der Waals surface area contributed by atoms with Crippen molar-refractivity contribution in [2.45, 2.75) is 31.2 Å². The second kappa shape index (κ2) is 7.56. The molecule has 0 bridgehead atoms. The van der Waals surface area contributed by atoms with Crippen molar-refractivity contribution in [3.63, 3.8) is 0 Å². The number of hydrogen-bond acceptors (Lipinski definition) is 5. The van der Waals surface area contributed by atoms with E-state index in [1.807, 2.05) is 32.8 Å². The van der Waals surface area contributed by atoms with Gasteiger partial charge in [-0.25, -0.2) is 13.1 Å². The lowest BCUT2D eigenvalue weighted by molar-refractivity contribution is 0.314. The summed E-state index contributed by atoms with van der Waals surface area (Å²) in [5.41, 5.74) is 0.590. The molecule has 0 spiro atoms. The van der Waals surface area contributed by atoms with Gasteiger partial charge in [0.05, 0.1) is 5.69 Å². The highest BCUT2D eigenvalue weighted by molar-refractivity contribution is 7.89. The predicted molar refractivity (Wildman–Crippen MR) is 81.4 cm³/mol. The van der Waals surface area contributed by atoms with Crippen LogP contribution < -0.4 is 10.0 Å². The van der Waals surface area contributed by atoms with Gasteiger partial charge in [-0.3, -0.25) is 4.98 Å². The highest BCUT2D eigenvalue weighted by Gasteiger charge is 2.19. The van der Waals surface area contributed by atoms with Gasteiger partial charge in [-0.1, -0.05) is 6.92 Å². The van der Waals surface area contributed by atoms with Gasteiger partial charge >= 0.3 is 0 Å². The second-order valence-corrected chi connectivity index (χ2v) is 6.70. The Morgan fingerprint density at radius 1 is 1.40 bits per heavy atom. The van der Waals surface area contributed by atoms with E-state index >= 15 is 0 Å². The second-order valence-electron chi connectivity index (χ2n) is 4.96. The molecule has 114 valence electrons. The smallest absolute Gasteiger partial charge is 0.244 e. The summed E-state index contributed by atoms with van der Waals surface area (Å²) in [6.45, 7) is 5.07. The molecule has 0 aliphatic carbocycles. The maximum absolute atomic E-state index is 12.3. The van der Waals surface area contributed by atoms with Gasteiger partial charge in [0, 0.05) is 31.5 Å². The lowest BCUT2D eigenvalue weighted by Crippen LogP contribution is -2.38. The van der Waals surface area contributed by atoms with E-state index in [9.17, 15) is 8.42 Å². The molecular weight excluding hydrogens is 276 g/mol. The van der Waals surface area contributed by atoms with Crippen molar-refractivity contribution in [3.05, 3.63) is 18.5 Å². The summed E-state index contributed by atoms with van der Waals surface area (Å²) < 4.78 is 27.3. The van der Waals surface area contributed by atoms with Crippen molar-refractivity contribution in [3.8, 4) is 0 Å². The number of rotatable bonds is 8. The Labute approximate surface area is 121 Å². The van der Waals surface area contributed by atoms with E-state index in [0.717, 1.165) is 13.0 Å². The van der Waals surface area contributed by atoms with Crippen LogP contribution in [0.25, 0.3) is 0 Å². The number of aromatic nitrogens is 1. The summed E-state index contributed by atoms with van der Waals surface area (Å²) in [5, 5.41) is 3.11. The molecule has 0 saturated carbocycles. The summed E-state index contributed by atoms with van der Waals surface area (Å²) in [7, 11) is 0.276. The van der Waals surface area contributed by atoms with E-state index in [4.69, 9.17) is 0 Å². The Bertz CT molecular complexity index is 517. The summed E-state index contributed by atoms with van der Waals surface area (Å²) in [6.07, 6.45) is 3.88. The van der Waals surface area contributed by atoms with Gasteiger partial charge in [0.15, 0.2) is 0 Å². The van der Waals surface area contributed by atoms with E-state index in [2.05, 4.69) is 15.0 Å². The molecule has 2 N–H and O–H groups in total. The lowest BCUT2D eigenvalue weighted by Gasteiger charge is -2.20. The largest absolute Gasteiger partial charge is 0.384 e. The molecule has 1 unspecified atom stereocenters. The molecule has 0 aliphatic rings. The normalized spacial score (nSPS) is 13.4. The zero-order chi connectivity index (χ0) is 15.2. The van der Waals surface area contributed by atoms with Gasteiger partial charge in [0.25, 0.3) is 0 Å². The number of nitrogens with one attached hydrogen (secondary N) is 2. The SMILES string of the molecule is CCCNc1ccncc1S(=O)(=O)NCC(C)N(C)C. The van der Waals surface area contributed by atoms with Crippen LogP contribution in [-0.4, -0.2) is 51.5 Å². The molecule has 0 aliphatic heterocycles. The quantitative estimate of drug-likeness (QED) is 0.753. The maximum atomic E-state index is 12.3. The number of likely N-dealkylation sites (N-methyl/N-ethyl adjacent to an activating group) is 1. The molecule has 1 aromatic rings. The molecule has 7 heteroatoms. The standard InChI is InChI=1S/C13H24N4O2S/c1-5-7-15-12-6-8-14-10-13(12)20(18,19)16-9-11(2)17(3)4/h6,8,10-11,16H,5,7,9H2,1-4H3,(H,14,15). The molecule has 0 aromatic carbocycles. The van der Waals surface area contributed by atoms with Crippen molar-refractivity contribution < 1.29 is 8.42 Å². The Kier molecular flexibility index (Phi) is 6.38. The first-order valence-corrected chi connectivity index (χ1v) is 8.20. The van der Waals surface area contributed by atoms with Crippen LogP contribution in [0.1, 0.15) is 20.3 Å². The number of sulfonamides is 1. The minimum absolute atomic E-state index is 0.119. The van der Waals surface area contributed by atoms with Crippen LogP contribution in [0.3, 0.4) is 0 Å². The van der Waals surface area contributed by atoms with Crippen molar-refractivity contribution in [2.75, 3.05) is 32.5 Å². The Balaban J connectivity index is 2.86. The fraction of sp³-hybridized carbons (Fsp3) is 0.615. The fourth-order valence-electron chi connectivity index (χ4n) is 1.49. The number of pyridine rings is 1. The summed E-state index contributed by atoms with van der Waals surface area (Å²) in [5.74, 6) is 0. The Hall–Kier alpha value is -1.18. The third-order valence-corrected chi connectivity index (χ3v) is 4.54. The fourth-order valence-corrected chi connectivity index (χ4v) is 2.74. The zero-order valence-corrected chi connectivity index (χ0v) is 13.4. The monoisotopic (exact) mass is 300 g/mol. The van der Waals surface area contributed by atoms with Gasteiger partial charge in [-0.2, -0.15) is 0 Å². The minimum Gasteiger partial charge on any atom is -0.384 e. The van der Waals surface area contributed by atoms with Crippen LogP contribution >= 0.6 is 0 Å². The maximum Gasteiger partial charge on any atom is 0.244 e. The van der Waals surface area contributed by atoms with Crippen molar-refractivity contribution in [2.24, 2.45) is 0 Å². The van der Waals surface area contributed by atoms with Gasteiger partial charge in [0.2, 0.25) is 10.0 Å². The highest BCUT2D eigenvalue weighted by Crippen LogP contribution is 2.19. The highest BCUT2D eigenvalue weighted by atomic mass is 32.2. The number of hydrogen-bond donors (Lipinski definition) is 2. The third-order valence-electron chi connectivity index (χ3n) is 3.09. The Morgan fingerprint density at radius 3 is 2.70 bits per heavy atom. The van der Waals surface area contributed by atoms with E-state index in [1.54, 1.807) is 12.3 Å². The van der Waals surface area contributed by atoms with Gasteiger partial charge in [-0.05, 0) is 33.5 Å². The topological polar surface area (TPSA) is 74.3 Å². The molecule has 0 fully saturated rings. The molecule has 0 radical (unpaired) electrons. The first kappa shape index (κ1) is 16.9. The van der Waals surface area contributed by atoms with Crippen LogP contribution in [0.2, 0.25) is 0 Å². The molecule has 1 rings (SSSR count). The first-order valence-electron chi connectivity index (χ1n) is 6.72. The van der Waals surface area contributed by atoms with Crippen LogP contribution in [0.5, 0.6) is 0 Å². The van der Waals surface area contributed by atoms with Gasteiger partial charge in [0.1, 0.15) is 4.90 Å². The zero-order valence-electron chi connectivity index (χ0n) is 12.5. The summed E-state index contributed by atoms with van der Waals surface area (Å²) in [6, 6.07) is 1.80. The molecule has 6 nitrogen and oxygen atoms in total. The Morgan fingerprint density at radius 2 is 2.10 bits per heavy atom. The molecule has 20 heavy (non-hydrogen) atoms. The van der Waals surface area contributed by atoms with E-state index in [-0.39, 0.29) is 10.9 Å². The molecule has 0 saturated heterocycles. The van der Waals surface area contributed by atoms with Gasteiger partial charge in [-0.15, -0.1) is 0 Å². The molecular formula is C13H24N4O2S. The lowest BCUT2D eigenvalue weighted by atomic mass is 10.3. The first-order chi connectivity index (χ1) is 9.38. The van der Waals surface area contributed by atoms with Crippen molar-refractivity contribution in [1.29, 1.82) is 0 Å². The number of anilines is 1. The summed E-state index contributed by atoms with van der Waals surface area (Å²) in [4.78, 5) is 6.07. The molecule has 0 amide bonds. The number of nitrogens with zero attached hydrogens (tertiary/aromatic N) is 2. The summed E-state index contributed by atoms with van der Waals surface area (Å²) >= 11 is 0. The van der Waals surface area contributed by atoms with Crippen LogP contribution in [-0.2, 0) is 10.0 Å². The van der Waals surface area contributed by atoms with E-state index in [0.29, 0.717) is 12.2 Å². The van der Waals surface area contributed by atoms with Crippen LogP contribution in [0.4, 0.5) is 5.69 Å². The predicted octanol–water partition coefficient (Wildman–Crippen LogP) is 1.13. The molecule has 1 atom stereocenters. The van der Waals surface area contributed by atoms with Crippen molar-refractivity contribution >= 4 is 15.7 Å². The van der Waals surface area contributed by atoms with Crippen LogP contribution in [0.15, 0.2) is 23.4 Å². The average Bonchev–Trinajstić information content (AvgIpc) is 2.42. The van der Waals surface area contributed by atoms with Crippen LogP contribution in [0, 0.1) is 0 Å². The van der Waals surface area contributed by atoms with E-state index < -0.39 is 10.0 Å². The average molecular weight is 300 g/mol. The van der Waals surface area contributed by atoms with E-state index in [1.165, 1.54) is 6.20 Å². The molecule has 1 aromatic heterocycles. The molecule has 1 heterocycles. The van der Waals surface area contributed by atoms with Gasteiger partial charge < -0.3 is 10.2 Å². The van der Waals surface area contributed by atoms with Crippen molar-refractivity contribution in [1.82, 2.24) is 14.6 Å².